The molecule has 0 aliphatic rings. The molecule has 0 heterocycles. The van der Waals surface area contributed by atoms with Crippen LogP contribution in [0.3, 0.4) is 0 Å². The third-order valence-electron chi connectivity index (χ3n) is 3.25. The molecule has 0 saturated heterocycles. The molecular weight excluding hydrogens is 214 g/mol. The van der Waals surface area contributed by atoms with Crippen molar-refractivity contribution >= 4 is 5.91 Å². The number of hydrogen-bond acceptors (Lipinski definition) is 2. The molecule has 1 rings (SSSR count). The van der Waals surface area contributed by atoms with Crippen molar-refractivity contribution < 1.29 is 9.90 Å². The summed E-state index contributed by atoms with van der Waals surface area (Å²) in [4.78, 5) is 12.1. The second-order valence-corrected chi connectivity index (χ2v) is 4.66. The van der Waals surface area contributed by atoms with E-state index in [-0.39, 0.29) is 18.1 Å². The van der Waals surface area contributed by atoms with Crippen LogP contribution in [0.2, 0.25) is 0 Å². The Labute approximate surface area is 103 Å². The molecule has 0 saturated carbocycles. The second kappa shape index (κ2) is 5.82. The molecule has 0 fully saturated rings. The van der Waals surface area contributed by atoms with E-state index >= 15 is 0 Å². The molecule has 0 radical (unpaired) electrons. The van der Waals surface area contributed by atoms with Gasteiger partial charge in [0, 0.05) is 17.7 Å². The molecule has 1 amide bonds. The normalized spacial score (nSPS) is 14.1. The first-order valence-electron chi connectivity index (χ1n) is 6.01. The molecule has 0 aliphatic heterocycles. The quantitative estimate of drug-likeness (QED) is 0.822. The van der Waals surface area contributed by atoms with Crippen LogP contribution >= 0.6 is 0 Å². The number of benzene rings is 1. The van der Waals surface area contributed by atoms with E-state index in [0.29, 0.717) is 12.0 Å². The van der Waals surface area contributed by atoms with Gasteiger partial charge in [0.2, 0.25) is 0 Å². The SMILES string of the molecule is CCC(C)(CCO)NC(=O)c1ccccc1C. The first-order chi connectivity index (χ1) is 8.02. The number of rotatable bonds is 5. The fraction of sp³-hybridized carbons (Fsp3) is 0.500. The lowest BCUT2D eigenvalue weighted by Gasteiger charge is -2.29. The van der Waals surface area contributed by atoms with Crippen LogP contribution in [-0.4, -0.2) is 23.2 Å². The third-order valence-corrected chi connectivity index (χ3v) is 3.25. The molecular formula is C14H21NO2. The molecule has 0 aromatic heterocycles. The molecule has 3 nitrogen and oxygen atoms in total. The predicted molar refractivity (Wildman–Crippen MR) is 69.0 cm³/mol. The van der Waals surface area contributed by atoms with Gasteiger partial charge in [0.1, 0.15) is 0 Å². The summed E-state index contributed by atoms with van der Waals surface area (Å²) in [7, 11) is 0. The Hall–Kier alpha value is -1.35. The summed E-state index contributed by atoms with van der Waals surface area (Å²) in [6, 6.07) is 7.51. The lowest BCUT2D eigenvalue weighted by atomic mass is 9.94. The van der Waals surface area contributed by atoms with Crippen LogP contribution in [-0.2, 0) is 0 Å². The van der Waals surface area contributed by atoms with Crippen LogP contribution in [0.15, 0.2) is 24.3 Å². The summed E-state index contributed by atoms with van der Waals surface area (Å²) in [5, 5.41) is 12.0. The number of hydrogen-bond donors (Lipinski definition) is 2. The molecule has 3 heteroatoms. The number of carbonyl (C=O) groups is 1. The van der Waals surface area contributed by atoms with Gasteiger partial charge in [-0.1, -0.05) is 25.1 Å². The summed E-state index contributed by atoms with van der Waals surface area (Å²) in [5.41, 5.74) is 1.33. The van der Waals surface area contributed by atoms with E-state index in [1.807, 2.05) is 45.0 Å². The first kappa shape index (κ1) is 13.7. The van der Waals surface area contributed by atoms with Crippen molar-refractivity contribution in [3.05, 3.63) is 35.4 Å². The monoisotopic (exact) mass is 235 g/mol. The van der Waals surface area contributed by atoms with Crippen LogP contribution in [0.5, 0.6) is 0 Å². The zero-order valence-electron chi connectivity index (χ0n) is 10.8. The minimum Gasteiger partial charge on any atom is -0.396 e. The predicted octanol–water partition coefficient (Wildman–Crippen LogP) is 2.28. The van der Waals surface area contributed by atoms with Gasteiger partial charge >= 0.3 is 0 Å². The summed E-state index contributed by atoms with van der Waals surface area (Å²) in [6.07, 6.45) is 1.37. The van der Waals surface area contributed by atoms with Crippen LogP contribution < -0.4 is 5.32 Å². The summed E-state index contributed by atoms with van der Waals surface area (Å²) in [6.45, 7) is 5.97. The van der Waals surface area contributed by atoms with Crippen molar-refractivity contribution in [3.63, 3.8) is 0 Å². The molecule has 94 valence electrons. The Balaban J connectivity index is 2.82. The van der Waals surface area contributed by atoms with Gasteiger partial charge in [-0.05, 0) is 38.3 Å². The van der Waals surface area contributed by atoms with Crippen LogP contribution in [0.4, 0.5) is 0 Å². The highest BCUT2D eigenvalue weighted by atomic mass is 16.3. The molecule has 0 aliphatic carbocycles. The van der Waals surface area contributed by atoms with Crippen molar-refractivity contribution in [2.24, 2.45) is 0 Å². The van der Waals surface area contributed by atoms with Crippen molar-refractivity contribution in [3.8, 4) is 0 Å². The van der Waals surface area contributed by atoms with Gasteiger partial charge in [0.05, 0.1) is 0 Å². The summed E-state index contributed by atoms with van der Waals surface area (Å²) < 4.78 is 0. The first-order valence-corrected chi connectivity index (χ1v) is 6.01. The average Bonchev–Trinajstić information content (AvgIpc) is 2.29. The van der Waals surface area contributed by atoms with Crippen molar-refractivity contribution in [2.45, 2.75) is 39.2 Å². The summed E-state index contributed by atoms with van der Waals surface area (Å²) in [5.74, 6) is -0.0686. The van der Waals surface area contributed by atoms with E-state index < -0.39 is 0 Å². The fourth-order valence-corrected chi connectivity index (χ4v) is 1.74. The molecule has 1 aromatic rings. The van der Waals surface area contributed by atoms with Gasteiger partial charge in [-0.25, -0.2) is 0 Å². The standard InChI is InChI=1S/C14H21NO2/c1-4-14(3,9-10-16)15-13(17)12-8-6-5-7-11(12)2/h5-8,16H,4,9-10H2,1-3H3,(H,15,17). The smallest absolute Gasteiger partial charge is 0.251 e. The third kappa shape index (κ3) is 3.56. The number of aliphatic hydroxyl groups excluding tert-OH is 1. The van der Waals surface area contributed by atoms with Gasteiger partial charge < -0.3 is 10.4 Å². The van der Waals surface area contributed by atoms with E-state index in [9.17, 15) is 4.79 Å². The second-order valence-electron chi connectivity index (χ2n) is 4.66. The van der Waals surface area contributed by atoms with Crippen molar-refractivity contribution in [1.82, 2.24) is 5.32 Å². The Morgan fingerprint density at radius 3 is 2.59 bits per heavy atom. The Morgan fingerprint density at radius 1 is 1.41 bits per heavy atom. The summed E-state index contributed by atoms with van der Waals surface area (Å²) >= 11 is 0. The fourth-order valence-electron chi connectivity index (χ4n) is 1.74. The van der Waals surface area contributed by atoms with Crippen molar-refractivity contribution in [2.75, 3.05) is 6.61 Å². The molecule has 0 bridgehead atoms. The number of amides is 1. The van der Waals surface area contributed by atoms with Crippen molar-refractivity contribution in [1.29, 1.82) is 0 Å². The number of aryl methyl sites for hydroxylation is 1. The van der Waals surface area contributed by atoms with E-state index in [1.54, 1.807) is 0 Å². The van der Waals surface area contributed by atoms with Crippen LogP contribution in [0.25, 0.3) is 0 Å². The van der Waals surface area contributed by atoms with E-state index in [4.69, 9.17) is 5.11 Å². The molecule has 2 N–H and O–H groups in total. The minimum atomic E-state index is -0.339. The topological polar surface area (TPSA) is 49.3 Å². The molecule has 0 spiro atoms. The van der Waals surface area contributed by atoms with Gasteiger partial charge in [-0.2, -0.15) is 0 Å². The Bertz CT molecular complexity index is 390. The van der Waals surface area contributed by atoms with E-state index in [2.05, 4.69) is 5.32 Å². The number of aliphatic hydroxyl groups is 1. The number of nitrogens with one attached hydrogen (secondary N) is 1. The minimum absolute atomic E-state index is 0.0686. The zero-order chi connectivity index (χ0) is 12.9. The highest BCUT2D eigenvalue weighted by molar-refractivity contribution is 5.96. The Morgan fingerprint density at radius 2 is 2.06 bits per heavy atom. The molecule has 1 unspecified atom stereocenters. The highest BCUT2D eigenvalue weighted by Crippen LogP contribution is 2.16. The van der Waals surface area contributed by atoms with Crippen LogP contribution in [0, 0.1) is 6.92 Å². The highest BCUT2D eigenvalue weighted by Gasteiger charge is 2.24. The average molecular weight is 235 g/mol. The molecule has 17 heavy (non-hydrogen) atoms. The lowest BCUT2D eigenvalue weighted by molar-refractivity contribution is 0.0885. The number of carbonyl (C=O) groups excluding carboxylic acids is 1. The molecule has 1 atom stereocenters. The Kier molecular flexibility index (Phi) is 4.70. The maximum absolute atomic E-state index is 12.1. The molecule has 1 aromatic carbocycles. The zero-order valence-corrected chi connectivity index (χ0v) is 10.8. The maximum atomic E-state index is 12.1. The largest absolute Gasteiger partial charge is 0.396 e. The van der Waals surface area contributed by atoms with Crippen LogP contribution in [0.1, 0.15) is 42.6 Å². The van der Waals surface area contributed by atoms with Gasteiger partial charge in [-0.15, -0.1) is 0 Å². The van der Waals surface area contributed by atoms with E-state index in [0.717, 1.165) is 12.0 Å². The van der Waals surface area contributed by atoms with E-state index in [1.165, 1.54) is 0 Å². The van der Waals surface area contributed by atoms with Gasteiger partial charge in [-0.3, -0.25) is 4.79 Å². The lowest BCUT2D eigenvalue weighted by Crippen LogP contribution is -2.46. The maximum Gasteiger partial charge on any atom is 0.251 e. The van der Waals surface area contributed by atoms with Gasteiger partial charge in [0.15, 0.2) is 0 Å². The van der Waals surface area contributed by atoms with Gasteiger partial charge in [0.25, 0.3) is 5.91 Å².